The number of amides is 1. The molecule has 0 spiro atoms. The summed E-state index contributed by atoms with van der Waals surface area (Å²) in [6.07, 6.45) is 0. The lowest BCUT2D eigenvalue weighted by atomic mass is 10.1. The van der Waals surface area contributed by atoms with Crippen molar-refractivity contribution in [3.05, 3.63) is 65.7 Å². The van der Waals surface area contributed by atoms with Gasteiger partial charge in [-0.15, -0.1) is 0 Å². The van der Waals surface area contributed by atoms with Crippen molar-refractivity contribution in [2.75, 3.05) is 7.11 Å². The van der Waals surface area contributed by atoms with E-state index in [2.05, 4.69) is 10.6 Å². The minimum atomic E-state index is -0.819. The molecule has 0 radical (unpaired) electrons. The number of oxime groups is 1. The highest BCUT2D eigenvalue weighted by Gasteiger charge is 2.40. The van der Waals surface area contributed by atoms with E-state index in [1.165, 1.54) is 0 Å². The predicted molar refractivity (Wildman–Crippen MR) is 90.4 cm³/mol. The number of nitrogens with one attached hydrogen (secondary N) is 1. The van der Waals surface area contributed by atoms with Crippen LogP contribution >= 0.6 is 0 Å². The molecule has 3 rings (SSSR count). The smallest absolute Gasteiger partial charge is 0.269 e. The summed E-state index contributed by atoms with van der Waals surface area (Å²) in [7, 11) is 1.59. The number of amidine groups is 1. The second kappa shape index (κ2) is 6.23. The van der Waals surface area contributed by atoms with Gasteiger partial charge in [-0.2, -0.15) is 0 Å². The molecule has 1 N–H and O–H groups in total. The summed E-state index contributed by atoms with van der Waals surface area (Å²) in [5, 5.41) is 5.75. The van der Waals surface area contributed by atoms with Crippen LogP contribution in [0.1, 0.15) is 29.8 Å². The fraction of sp³-hybridized carbons (Fsp3) is 0.222. The number of carbonyl (C=O) groups excluding carboxylic acids is 1. The molecule has 0 bridgehead atoms. The van der Waals surface area contributed by atoms with E-state index in [1.807, 2.05) is 56.3 Å². The zero-order chi connectivity index (χ0) is 17.2. The number of hydrogen-bond donors (Lipinski definition) is 1. The first kappa shape index (κ1) is 15.9. The number of benzene rings is 2. The van der Waals surface area contributed by atoms with Crippen molar-refractivity contribution in [3.63, 3.8) is 0 Å². The second-order valence-corrected chi connectivity index (χ2v) is 5.80. The first-order chi connectivity index (χ1) is 11.5. The van der Waals surface area contributed by atoms with E-state index in [0.717, 1.165) is 5.56 Å². The maximum atomic E-state index is 12.5. The number of nitrogens with zero attached hydrogens (tertiary/aromatic N) is 2. The highest BCUT2D eigenvalue weighted by molar-refractivity contribution is 6.04. The maximum Gasteiger partial charge on any atom is 0.269 e. The monoisotopic (exact) mass is 325 g/mol. The average molecular weight is 325 g/mol. The van der Waals surface area contributed by atoms with Crippen molar-refractivity contribution in [2.24, 2.45) is 5.16 Å². The summed E-state index contributed by atoms with van der Waals surface area (Å²) >= 11 is 0. The third-order valence-corrected chi connectivity index (χ3v) is 3.70. The van der Waals surface area contributed by atoms with Gasteiger partial charge in [-0.25, -0.2) is 5.01 Å². The van der Waals surface area contributed by atoms with E-state index in [4.69, 9.17) is 9.57 Å². The Labute approximate surface area is 140 Å². The Morgan fingerprint density at radius 2 is 1.79 bits per heavy atom. The molecule has 6 heteroatoms. The normalized spacial score (nSPS) is 15.5. The van der Waals surface area contributed by atoms with Gasteiger partial charge in [0.05, 0.1) is 12.7 Å². The second-order valence-electron chi connectivity index (χ2n) is 5.80. The van der Waals surface area contributed by atoms with Crippen LogP contribution in [0.25, 0.3) is 0 Å². The summed E-state index contributed by atoms with van der Waals surface area (Å²) in [6, 6.07) is 16.4. The molecule has 0 saturated carbocycles. The fourth-order valence-corrected chi connectivity index (χ4v) is 2.43. The zero-order valence-electron chi connectivity index (χ0n) is 13.8. The Kier molecular flexibility index (Phi) is 4.12. The number of hydrazine groups is 1. The van der Waals surface area contributed by atoms with E-state index in [0.29, 0.717) is 17.1 Å². The molecular formula is C18H19N3O3. The van der Waals surface area contributed by atoms with Gasteiger partial charge in [-0.3, -0.25) is 10.2 Å². The highest BCUT2D eigenvalue weighted by atomic mass is 16.7. The number of carbonyl (C=O) groups is 1. The van der Waals surface area contributed by atoms with Crippen molar-refractivity contribution in [1.82, 2.24) is 10.4 Å². The third-order valence-electron chi connectivity index (χ3n) is 3.70. The Morgan fingerprint density at radius 3 is 2.50 bits per heavy atom. The van der Waals surface area contributed by atoms with Crippen LogP contribution in [0, 0.1) is 0 Å². The molecule has 0 aromatic heterocycles. The molecule has 2 aromatic rings. The van der Waals surface area contributed by atoms with Crippen LogP contribution in [0.5, 0.6) is 5.75 Å². The minimum absolute atomic E-state index is 0.239. The van der Waals surface area contributed by atoms with Gasteiger partial charge in [0.15, 0.2) is 0 Å². The molecule has 0 aliphatic carbocycles. The van der Waals surface area contributed by atoms with Gasteiger partial charge in [-0.05, 0) is 38.1 Å². The number of hydrogen-bond acceptors (Lipinski definition) is 5. The van der Waals surface area contributed by atoms with Crippen molar-refractivity contribution in [3.8, 4) is 5.75 Å². The molecule has 0 unspecified atom stereocenters. The number of rotatable bonds is 4. The Hall–Kier alpha value is -3.02. The van der Waals surface area contributed by atoms with Crippen LogP contribution in [0.3, 0.4) is 0 Å². The number of methoxy groups -OCH3 is 1. The van der Waals surface area contributed by atoms with E-state index < -0.39 is 5.72 Å². The molecule has 6 nitrogen and oxygen atoms in total. The lowest BCUT2D eigenvalue weighted by Crippen LogP contribution is -2.54. The molecule has 0 atom stereocenters. The Bertz CT molecular complexity index is 772. The van der Waals surface area contributed by atoms with E-state index in [-0.39, 0.29) is 5.91 Å². The standard InChI is InChI=1S/C18H19N3O3/c1-18(2)21(19-17(22)13-9-5-4-6-10-13)16(20-24-18)14-11-7-8-12-15(14)23-3/h4-12H,1-3H3,(H,19,22). The Balaban J connectivity index is 1.91. The molecule has 1 amide bonds. The van der Waals surface area contributed by atoms with Crippen LogP contribution in [0.2, 0.25) is 0 Å². The average Bonchev–Trinajstić information content (AvgIpc) is 2.90. The van der Waals surface area contributed by atoms with Gasteiger partial charge in [0.2, 0.25) is 11.6 Å². The van der Waals surface area contributed by atoms with E-state index in [1.54, 1.807) is 24.3 Å². The topological polar surface area (TPSA) is 63.2 Å². The zero-order valence-corrected chi connectivity index (χ0v) is 13.8. The van der Waals surface area contributed by atoms with Crippen LogP contribution < -0.4 is 10.2 Å². The van der Waals surface area contributed by atoms with Crippen LogP contribution in [0.4, 0.5) is 0 Å². The Morgan fingerprint density at radius 1 is 1.12 bits per heavy atom. The quantitative estimate of drug-likeness (QED) is 0.939. The number of para-hydroxylation sites is 1. The van der Waals surface area contributed by atoms with Gasteiger partial charge in [-0.1, -0.05) is 35.5 Å². The maximum absolute atomic E-state index is 12.5. The fourth-order valence-electron chi connectivity index (χ4n) is 2.43. The lowest BCUT2D eigenvalue weighted by molar-refractivity contribution is -0.0824. The lowest BCUT2D eigenvalue weighted by Gasteiger charge is -2.31. The molecule has 0 fully saturated rings. The molecule has 24 heavy (non-hydrogen) atoms. The van der Waals surface area contributed by atoms with Crippen molar-refractivity contribution >= 4 is 11.7 Å². The largest absolute Gasteiger partial charge is 0.496 e. The minimum Gasteiger partial charge on any atom is -0.496 e. The van der Waals surface area contributed by atoms with Gasteiger partial charge in [0.25, 0.3) is 5.91 Å². The van der Waals surface area contributed by atoms with E-state index >= 15 is 0 Å². The summed E-state index contributed by atoms with van der Waals surface area (Å²) < 4.78 is 5.39. The molecular weight excluding hydrogens is 306 g/mol. The summed E-state index contributed by atoms with van der Waals surface area (Å²) in [5.41, 5.74) is 3.34. The van der Waals surface area contributed by atoms with E-state index in [9.17, 15) is 4.79 Å². The van der Waals surface area contributed by atoms with Crippen molar-refractivity contribution in [2.45, 2.75) is 19.6 Å². The summed E-state index contributed by atoms with van der Waals surface area (Å²) in [6.45, 7) is 3.65. The summed E-state index contributed by atoms with van der Waals surface area (Å²) in [4.78, 5) is 18.0. The van der Waals surface area contributed by atoms with Crippen molar-refractivity contribution in [1.29, 1.82) is 0 Å². The van der Waals surface area contributed by atoms with Crippen LogP contribution in [-0.4, -0.2) is 29.6 Å². The van der Waals surface area contributed by atoms with Crippen LogP contribution in [-0.2, 0) is 4.84 Å². The molecule has 0 saturated heterocycles. The first-order valence-electron chi connectivity index (χ1n) is 7.59. The predicted octanol–water partition coefficient (Wildman–Crippen LogP) is 2.77. The van der Waals surface area contributed by atoms with Gasteiger partial charge in [0, 0.05) is 5.56 Å². The van der Waals surface area contributed by atoms with Gasteiger partial charge < -0.3 is 9.57 Å². The number of ether oxygens (including phenoxy) is 1. The van der Waals surface area contributed by atoms with Gasteiger partial charge in [0.1, 0.15) is 5.75 Å². The SMILES string of the molecule is COc1ccccc1C1=NOC(C)(C)N1NC(=O)c1ccccc1. The van der Waals surface area contributed by atoms with Crippen LogP contribution in [0.15, 0.2) is 59.8 Å². The summed E-state index contributed by atoms with van der Waals surface area (Å²) in [5.74, 6) is 0.898. The molecule has 2 aromatic carbocycles. The van der Waals surface area contributed by atoms with Gasteiger partial charge >= 0.3 is 0 Å². The molecule has 124 valence electrons. The van der Waals surface area contributed by atoms with Crippen molar-refractivity contribution < 1.29 is 14.4 Å². The molecule has 1 heterocycles. The molecule has 1 aliphatic rings. The third kappa shape index (κ3) is 2.90. The highest BCUT2D eigenvalue weighted by Crippen LogP contribution is 2.29. The molecule has 1 aliphatic heterocycles. The first-order valence-corrected chi connectivity index (χ1v) is 7.59.